The van der Waals surface area contributed by atoms with Gasteiger partial charge in [-0.25, -0.2) is 14.2 Å². The van der Waals surface area contributed by atoms with Crippen LogP contribution in [0.5, 0.6) is 0 Å². The number of pyridine rings is 1. The number of anilines is 1. The standard InChI is InChI=1S/C23H27FN2O3/c24-20-9-11-21(12-10-20)26(23(27)18-5-3-13-25-14-18)15-19-4-1-2-6-22(19)29-28-16-17-7-8-17/h3,5,9-14,17,19,22H,1-2,4,6-8,15-16H2/t19-,22-/m0/s1. The van der Waals surface area contributed by atoms with Crippen molar-refractivity contribution < 1.29 is 19.0 Å². The minimum Gasteiger partial charge on any atom is -0.308 e. The van der Waals surface area contributed by atoms with Crippen molar-refractivity contribution in [1.29, 1.82) is 0 Å². The quantitative estimate of drug-likeness (QED) is 0.474. The number of carbonyl (C=O) groups is 1. The molecule has 29 heavy (non-hydrogen) atoms. The Balaban J connectivity index is 1.51. The van der Waals surface area contributed by atoms with Gasteiger partial charge in [-0.2, -0.15) is 0 Å². The molecule has 0 unspecified atom stereocenters. The van der Waals surface area contributed by atoms with Crippen LogP contribution in [0.1, 0.15) is 48.9 Å². The van der Waals surface area contributed by atoms with Gasteiger partial charge in [-0.05, 0) is 68.0 Å². The normalized spacial score (nSPS) is 21.7. The Hall–Kier alpha value is -2.31. The number of benzene rings is 1. The monoisotopic (exact) mass is 398 g/mol. The van der Waals surface area contributed by atoms with Crippen molar-refractivity contribution in [3.8, 4) is 0 Å². The van der Waals surface area contributed by atoms with Gasteiger partial charge >= 0.3 is 0 Å². The van der Waals surface area contributed by atoms with Crippen molar-refractivity contribution in [2.24, 2.45) is 11.8 Å². The molecule has 2 fully saturated rings. The number of nitrogens with zero attached hydrogens (tertiary/aromatic N) is 2. The number of hydrogen-bond acceptors (Lipinski definition) is 4. The third-order valence-electron chi connectivity index (χ3n) is 5.74. The van der Waals surface area contributed by atoms with Crippen LogP contribution in [0.2, 0.25) is 0 Å². The molecule has 154 valence electrons. The molecule has 1 heterocycles. The first-order chi connectivity index (χ1) is 14.2. The minimum absolute atomic E-state index is 0.0350. The van der Waals surface area contributed by atoms with Crippen LogP contribution in [0.4, 0.5) is 10.1 Å². The fourth-order valence-electron chi connectivity index (χ4n) is 3.82. The molecule has 2 aliphatic carbocycles. The molecule has 0 saturated heterocycles. The van der Waals surface area contributed by atoms with Gasteiger partial charge in [0.1, 0.15) is 5.82 Å². The molecule has 0 spiro atoms. The number of hydrogen-bond donors (Lipinski definition) is 0. The Kier molecular flexibility index (Phi) is 6.52. The summed E-state index contributed by atoms with van der Waals surface area (Å²) in [5.41, 5.74) is 1.18. The average molecular weight is 398 g/mol. The number of amides is 1. The summed E-state index contributed by atoms with van der Waals surface area (Å²) in [6, 6.07) is 9.55. The highest BCUT2D eigenvalue weighted by atomic mass is 19.1. The highest BCUT2D eigenvalue weighted by Crippen LogP contribution is 2.32. The smallest absolute Gasteiger partial charge is 0.259 e. The lowest BCUT2D eigenvalue weighted by atomic mass is 9.86. The maximum atomic E-state index is 13.5. The Morgan fingerprint density at radius 2 is 1.90 bits per heavy atom. The largest absolute Gasteiger partial charge is 0.308 e. The highest BCUT2D eigenvalue weighted by Gasteiger charge is 2.32. The molecule has 2 aromatic rings. The van der Waals surface area contributed by atoms with E-state index in [1.807, 2.05) is 0 Å². The van der Waals surface area contributed by atoms with E-state index in [2.05, 4.69) is 4.98 Å². The number of rotatable bonds is 8. The van der Waals surface area contributed by atoms with Crippen molar-refractivity contribution >= 4 is 11.6 Å². The fourth-order valence-corrected chi connectivity index (χ4v) is 3.82. The maximum absolute atomic E-state index is 13.5. The minimum atomic E-state index is -0.324. The number of aromatic nitrogens is 1. The Labute approximate surface area is 170 Å². The summed E-state index contributed by atoms with van der Waals surface area (Å²) in [5.74, 6) is 0.330. The van der Waals surface area contributed by atoms with Crippen LogP contribution < -0.4 is 4.90 Å². The highest BCUT2D eigenvalue weighted by molar-refractivity contribution is 6.05. The molecular weight excluding hydrogens is 371 g/mol. The second-order valence-electron chi connectivity index (χ2n) is 8.04. The van der Waals surface area contributed by atoms with Gasteiger partial charge in [0.05, 0.1) is 18.3 Å². The average Bonchev–Trinajstić information content (AvgIpc) is 3.58. The second-order valence-corrected chi connectivity index (χ2v) is 8.04. The molecular formula is C23H27FN2O3. The van der Waals surface area contributed by atoms with E-state index in [0.717, 1.165) is 25.7 Å². The SMILES string of the molecule is O=C(c1cccnc1)N(C[C@@H]1CCCC[C@@H]1OOCC1CC1)c1ccc(F)cc1. The third kappa shape index (κ3) is 5.40. The van der Waals surface area contributed by atoms with Gasteiger partial charge in [-0.3, -0.25) is 9.78 Å². The zero-order chi connectivity index (χ0) is 20.1. The lowest BCUT2D eigenvalue weighted by Gasteiger charge is -2.34. The number of halogens is 1. The maximum Gasteiger partial charge on any atom is 0.259 e. The van der Waals surface area contributed by atoms with E-state index in [0.29, 0.717) is 30.3 Å². The molecule has 0 radical (unpaired) electrons. The fraction of sp³-hybridized carbons (Fsp3) is 0.478. The van der Waals surface area contributed by atoms with Gasteiger partial charge in [0.25, 0.3) is 5.91 Å². The third-order valence-corrected chi connectivity index (χ3v) is 5.74. The number of carbonyl (C=O) groups excluding carboxylic acids is 1. The summed E-state index contributed by atoms with van der Waals surface area (Å²) in [5, 5.41) is 0. The first-order valence-electron chi connectivity index (χ1n) is 10.5. The summed E-state index contributed by atoms with van der Waals surface area (Å²) in [7, 11) is 0. The Morgan fingerprint density at radius 1 is 1.10 bits per heavy atom. The molecule has 2 saturated carbocycles. The molecule has 1 aromatic heterocycles. The lowest BCUT2D eigenvalue weighted by Crippen LogP contribution is -2.41. The Bertz CT molecular complexity index is 796. The van der Waals surface area contributed by atoms with E-state index in [1.54, 1.807) is 41.6 Å². The van der Waals surface area contributed by atoms with Gasteiger partial charge in [-0.1, -0.05) is 12.8 Å². The molecule has 1 aromatic carbocycles. The van der Waals surface area contributed by atoms with Gasteiger partial charge in [0.15, 0.2) is 0 Å². The molecule has 2 aliphatic rings. The summed E-state index contributed by atoms with van der Waals surface area (Å²) in [6.45, 7) is 1.15. The first kappa shape index (κ1) is 20.0. The van der Waals surface area contributed by atoms with Gasteiger partial charge in [-0.15, -0.1) is 0 Å². The summed E-state index contributed by atoms with van der Waals surface area (Å²) in [4.78, 5) is 30.3. The van der Waals surface area contributed by atoms with Gasteiger partial charge in [0, 0.05) is 30.5 Å². The molecule has 4 rings (SSSR count). The van der Waals surface area contributed by atoms with Crippen LogP contribution in [0.25, 0.3) is 0 Å². The topological polar surface area (TPSA) is 51.7 Å². The molecule has 0 aliphatic heterocycles. The zero-order valence-corrected chi connectivity index (χ0v) is 16.5. The summed E-state index contributed by atoms with van der Waals surface area (Å²) < 4.78 is 13.5. The van der Waals surface area contributed by atoms with Crippen LogP contribution in [-0.2, 0) is 9.78 Å². The van der Waals surface area contributed by atoms with Crippen molar-refractivity contribution in [2.75, 3.05) is 18.1 Å². The van der Waals surface area contributed by atoms with Crippen molar-refractivity contribution in [2.45, 2.75) is 44.6 Å². The molecule has 6 heteroatoms. The van der Waals surface area contributed by atoms with E-state index < -0.39 is 0 Å². The lowest BCUT2D eigenvalue weighted by molar-refractivity contribution is -0.338. The zero-order valence-electron chi connectivity index (χ0n) is 16.5. The second kappa shape index (κ2) is 9.46. The van der Waals surface area contributed by atoms with Crippen molar-refractivity contribution in [1.82, 2.24) is 4.98 Å². The predicted octanol–water partition coefficient (Wildman–Crippen LogP) is 4.78. The van der Waals surface area contributed by atoms with Crippen LogP contribution in [0, 0.1) is 17.7 Å². The summed E-state index contributed by atoms with van der Waals surface area (Å²) in [6.07, 6.45) is 9.70. The van der Waals surface area contributed by atoms with Gasteiger partial charge < -0.3 is 4.90 Å². The van der Waals surface area contributed by atoms with Crippen LogP contribution in [-0.4, -0.2) is 30.1 Å². The van der Waals surface area contributed by atoms with Crippen LogP contribution in [0.15, 0.2) is 48.8 Å². The van der Waals surface area contributed by atoms with E-state index in [4.69, 9.17) is 9.78 Å². The van der Waals surface area contributed by atoms with Gasteiger partial charge in [0.2, 0.25) is 0 Å². The van der Waals surface area contributed by atoms with Crippen molar-refractivity contribution in [3.63, 3.8) is 0 Å². The summed E-state index contributed by atoms with van der Waals surface area (Å²) >= 11 is 0. The molecule has 0 bridgehead atoms. The predicted molar refractivity (Wildman–Crippen MR) is 108 cm³/mol. The van der Waals surface area contributed by atoms with Crippen LogP contribution in [0.3, 0.4) is 0 Å². The van der Waals surface area contributed by atoms with Crippen LogP contribution >= 0.6 is 0 Å². The Morgan fingerprint density at radius 3 is 2.62 bits per heavy atom. The first-order valence-corrected chi connectivity index (χ1v) is 10.5. The molecule has 1 amide bonds. The van der Waals surface area contributed by atoms with Crippen molar-refractivity contribution in [3.05, 3.63) is 60.2 Å². The van der Waals surface area contributed by atoms with E-state index in [9.17, 15) is 9.18 Å². The molecule has 2 atom stereocenters. The molecule has 5 nitrogen and oxygen atoms in total. The molecule has 0 N–H and O–H groups in total. The van der Waals surface area contributed by atoms with E-state index in [1.165, 1.54) is 25.0 Å². The van der Waals surface area contributed by atoms with E-state index in [-0.39, 0.29) is 23.7 Å². The van der Waals surface area contributed by atoms with E-state index >= 15 is 0 Å².